The summed E-state index contributed by atoms with van der Waals surface area (Å²) in [6, 6.07) is 6.34. The number of furan rings is 1. The molecule has 0 radical (unpaired) electrons. The molecule has 1 amide bonds. The van der Waals surface area contributed by atoms with E-state index in [0.717, 1.165) is 16.9 Å². The van der Waals surface area contributed by atoms with Crippen LogP contribution in [0, 0.1) is 26.6 Å². The van der Waals surface area contributed by atoms with Crippen molar-refractivity contribution in [3.8, 4) is 0 Å². The van der Waals surface area contributed by atoms with Crippen LogP contribution in [-0.4, -0.2) is 31.4 Å². The minimum absolute atomic E-state index is 0.108. The van der Waals surface area contributed by atoms with E-state index in [0.29, 0.717) is 17.9 Å². The van der Waals surface area contributed by atoms with E-state index in [2.05, 4.69) is 5.32 Å². The predicted octanol–water partition coefficient (Wildman–Crippen LogP) is 3.38. The minimum Gasteiger partial charge on any atom is -0.466 e. The first-order valence-corrected chi connectivity index (χ1v) is 7.58. The maximum absolute atomic E-state index is 13.4. The molecule has 0 unspecified atom stereocenters. The Morgan fingerprint density at radius 1 is 1.26 bits per heavy atom. The van der Waals surface area contributed by atoms with Gasteiger partial charge in [0.2, 0.25) is 0 Å². The molecule has 0 fully saturated rings. The lowest BCUT2D eigenvalue weighted by Gasteiger charge is -2.25. The third-order valence-electron chi connectivity index (χ3n) is 4.10. The smallest absolute Gasteiger partial charge is 0.255 e. The van der Waals surface area contributed by atoms with Crippen molar-refractivity contribution in [3.05, 3.63) is 58.3 Å². The first-order valence-electron chi connectivity index (χ1n) is 7.58. The van der Waals surface area contributed by atoms with E-state index in [1.54, 1.807) is 13.0 Å². The summed E-state index contributed by atoms with van der Waals surface area (Å²) < 4.78 is 18.9. The fraction of sp³-hybridized carbons (Fsp3) is 0.389. The molecule has 0 spiro atoms. The number of likely N-dealkylation sites (N-methyl/N-ethyl adjacent to an activating group) is 1. The Hall–Kier alpha value is -2.14. The summed E-state index contributed by atoms with van der Waals surface area (Å²) in [6.07, 6.45) is 0. The van der Waals surface area contributed by atoms with Crippen molar-refractivity contribution in [1.82, 2.24) is 10.2 Å². The Morgan fingerprint density at radius 3 is 2.48 bits per heavy atom. The fourth-order valence-corrected chi connectivity index (χ4v) is 2.72. The molecule has 23 heavy (non-hydrogen) atoms. The molecule has 1 N–H and O–H groups in total. The summed E-state index contributed by atoms with van der Waals surface area (Å²) in [5, 5.41) is 2.93. The van der Waals surface area contributed by atoms with Gasteiger partial charge in [-0.3, -0.25) is 4.79 Å². The van der Waals surface area contributed by atoms with Crippen molar-refractivity contribution in [2.45, 2.75) is 26.8 Å². The Kier molecular flexibility index (Phi) is 5.21. The van der Waals surface area contributed by atoms with E-state index in [-0.39, 0.29) is 17.8 Å². The highest BCUT2D eigenvalue weighted by Gasteiger charge is 2.21. The van der Waals surface area contributed by atoms with Crippen LogP contribution in [0.4, 0.5) is 4.39 Å². The maximum atomic E-state index is 13.4. The largest absolute Gasteiger partial charge is 0.466 e. The zero-order valence-electron chi connectivity index (χ0n) is 14.2. The number of amides is 1. The summed E-state index contributed by atoms with van der Waals surface area (Å²) in [7, 11) is 3.81. The highest BCUT2D eigenvalue weighted by molar-refractivity contribution is 5.96. The topological polar surface area (TPSA) is 45.5 Å². The molecule has 1 heterocycles. The van der Waals surface area contributed by atoms with Crippen LogP contribution in [0.2, 0.25) is 0 Å². The highest BCUT2D eigenvalue weighted by atomic mass is 19.1. The molecule has 4 nitrogen and oxygen atoms in total. The van der Waals surface area contributed by atoms with Crippen LogP contribution in [0.1, 0.15) is 39.0 Å². The number of hydrogen-bond acceptors (Lipinski definition) is 3. The van der Waals surface area contributed by atoms with E-state index in [4.69, 9.17) is 4.42 Å². The summed E-state index contributed by atoms with van der Waals surface area (Å²) in [4.78, 5) is 14.4. The van der Waals surface area contributed by atoms with Gasteiger partial charge in [-0.2, -0.15) is 0 Å². The number of rotatable bonds is 5. The van der Waals surface area contributed by atoms with Gasteiger partial charge in [-0.05, 0) is 52.6 Å². The molecule has 0 bridgehead atoms. The van der Waals surface area contributed by atoms with Gasteiger partial charge in [0.25, 0.3) is 5.91 Å². The van der Waals surface area contributed by atoms with Gasteiger partial charge in [-0.15, -0.1) is 0 Å². The number of carbonyl (C=O) groups is 1. The molecule has 2 rings (SSSR count). The normalized spacial score (nSPS) is 12.5. The Bertz CT molecular complexity index is 707. The summed E-state index contributed by atoms with van der Waals surface area (Å²) in [5.41, 5.74) is 2.26. The van der Waals surface area contributed by atoms with E-state index in [1.807, 2.05) is 38.9 Å². The van der Waals surface area contributed by atoms with Gasteiger partial charge in [-0.1, -0.05) is 12.1 Å². The number of carbonyl (C=O) groups excluding carboxylic acids is 1. The molecule has 0 aliphatic carbocycles. The van der Waals surface area contributed by atoms with Crippen molar-refractivity contribution in [3.63, 3.8) is 0 Å². The molecule has 124 valence electrons. The van der Waals surface area contributed by atoms with Crippen LogP contribution in [0.15, 0.2) is 28.7 Å². The molecular formula is C18H23FN2O2. The molecule has 0 saturated carbocycles. The van der Waals surface area contributed by atoms with Crippen molar-refractivity contribution in [2.24, 2.45) is 0 Å². The molecule has 1 atom stereocenters. The van der Waals surface area contributed by atoms with Gasteiger partial charge in [0.1, 0.15) is 17.3 Å². The van der Waals surface area contributed by atoms with Gasteiger partial charge in [-0.25, -0.2) is 4.39 Å². The summed E-state index contributed by atoms with van der Waals surface area (Å²) in [6.45, 7) is 5.88. The SMILES string of the molecule is Cc1oc(C)c(C(=O)NC[C@H](c2cccc(F)c2)N(C)C)c1C. The molecule has 0 saturated heterocycles. The second-order valence-electron chi connectivity index (χ2n) is 5.96. The first kappa shape index (κ1) is 17.2. The van der Waals surface area contributed by atoms with Gasteiger partial charge < -0.3 is 14.6 Å². The molecule has 5 heteroatoms. The summed E-state index contributed by atoms with van der Waals surface area (Å²) >= 11 is 0. The second-order valence-corrected chi connectivity index (χ2v) is 5.96. The van der Waals surface area contributed by atoms with Gasteiger partial charge >= 0.3 is 0 Å². The quantitative estimate of drug-likeness (QED) is 0.919. The van der Waals surface area contributed by atoms with Crippen LogP contribution in [0.3, 0.4) is 0 Å². The lowest BCUT2D eigenvalue weighted by atomic mass is 10.1. The lowest BCUT2D eigenvalue weighted by Crippen LogP contribution is -2.35. The van der Waals surface area contributed by atoms with Gasteiger partial charge in [0.15, 0.2) is 0 Å². The van der Waals surface area contributed by atoms with Crippen molar-refractivity contribution >= 4 is 5.91 Å². The number of nitrogens with zero attached hydrogens (tertiary/aromatic N) is 1. The number of benzene rings is 1. The minimum atomic E-state index is -0.280. The Labute approximate surface area is 136 Å². The summed E-state index contributed by atoms with van der Waals surface area (Å²) in [5.74, 6) is 0.921. The molecule has 1 aromatic carbocycles. The number of halogens is 1. The zero-order valence-corrected chi connectivity index (χ0v) is 14.2. The van der Waals surface area contributed by atoms with Crippen molar-refractivity contribution < 1.29 is 13.6 Å². The van der Waals surface area contributed by atoms with Crippen LogP contribution in [-0.2, 0) is 0 Å². The predicted molar refractivity (Wildman–Crippen MR) is 88.1 cm³/mol. The van der Waals surface area contributed by atoms with Crippen LogP contribution in [0.5, 0.6) is 0 Å². The average Bonchev–Trinajstić information content (AvgIpc) is 2.72. The second kappa shape index (κ2) is 6.96. The molecule has 2 aromatic rings. The molecule has 1 aromatic heterocycles. The van der Waals surface area contributed by atoms with E-state index in [9.17, 15) is 9.18 Å². The zero-order chi connectivity index (χ0) is 17.1. The molecule has 0 aliphatic rings. The molecular weight excluding hydrogens is 295 g/mol. The van der Waals surface area contributed by atoms with Crippen LogP contribution in [0.25, 0.3) is 0 Å². The van der Waals surface area contributed by atoms with Crippen LogP contribution >= 0.6 is 0 Å². The van der Waals surface area contributed by atoms with Gasteiger partial charge in [0.05, 0.1) is 11.6 Å². The maximum Gasteiger partial charge on any atom is 0.255 e. The van der Waals surface area contributed by atoms with E-state index in [1.165, 1.54) is 12.1 Å². The van der Waals surface area contributed by atoms with E-state index >= 15 is 0 Å². The van der Waals surface area contributed by atoms with Crippen molar-refractivity contribution in [2.75, 3.05) is 20.6 Å². The van der Waals surface area contributed by atoms with Crippen molar-refractivity contribution in [1.29, 1.82) is 0 Å². The fourth-order valence-electron chi connectivity index (χ4n) is 2.72. The standard InChI is InChI=1S/C18H23FN2O2/c1-11-12(2)23-13(3)17(11)18(22)20-10-16(21(4)5)14-7-6-8-15(19)9-14/h6-9,16H,10H2,1-5H3,(H,20,22)/t16-/m1/s1. The highest BCUT2D eigenvalue weighted by Crippen LogP contribution is 2.22. The van der Waals surface area contributed by atoms with Gasteiger partial charge in [0, 0.05) is 12.1 Å². The lowest BCUT2D eigenvalue weighted by molar-refractivity contribution is 0.0940. The average molecular weight is 318 g/mol. The molecule has 0 aliphatic heterocycles. The van der Waals surface area contributed by atoms with E-state index < -0.39 is 0 Å². The van der Waals surface area contributed by atoms with Crippen LogP contribution < -0.4 is 5.32 Å². The number of nitrogens with one attached hydrogen (secondary N) is 1. The monoisotopic (exact) mass is 318 g/mol. The Balaban J connectivity index is 2.14. The third kappa shape index (κ3) is 3.79. The first-order chi connectivity index (χ1) is 10.8. The third-order valence-corrected chi connectivity index (χ3v) is 4.10. The Morgan fingerprint density at radius 2 is 1.96 bits per heavy atom. The number of hydrogen-bond donors (Lipinski definition) is 1. The number of aryl methyl sites for hydroxylation is 2.